The van der Waals surface area contributed by atoms with Crippen molar-refractivity contribution >= 4 is 11.9 Å². The lowest BCUT2D eigenvalue weighted by Gasteiger charge is -2.32. The predicted octanol–water partition coefficient (Wildman–Crippen LogP) is 4.44. The molecule has 0 heterocycles. The summed E-state index contributed by atoms with van der Waals surface area (Å²) in [7, 11) is 0. The van der Waals surface area contributed by atoms with Crippen LogP contribution in [0.2, 0.25) is 0 Å². The van der Waals surface area contributed by atoms with E-state index >= 15 is 0 Å². The van der Waals surface area contributed by atoms with Crippen LogP contribution in [-0.2, 0) is 38.0 Å². The Morgan fingerprint density at radius 1 is 0.744 bits per heavy atom. The minimum Gasteiger partial charge on any atom is -0.491 e. The van der Waals surface area contributed by atoms with Gasteiger partial charge in [0.2, 0.25) is 0 Å². The Kier molecular flexibility index (Phi) is 9.09. The molecule has 8 heteroatoms. The topological polar surface area (TPSA) is 89.5 Å². The van der Waals surface area contributed by atoms with Gasteiger partial charge in [-0.25, -0.2) is 9.59 Å². The molecule has 0 radical (unpaired) electrons. The number of carbonyl (C=O) groups is 2. The van der Waals surface area contributed by atoms with Crippen LogP contribution in [0.1, 0.15) is 20.8 Å². The van der Waals surface area contributed by atoms with E-state index in [1.54, 1.807) is 13.8 Å². The third-order valence-corrected chi connectivity index (χ3v) is 6.99. The van der Waals surface area contributed by atoms with Crippen molar-refractivity contribution in [3.05, 3.63) is 94.6 Å². The van der Waals surface area contributed by atoms with E-state index in [0.29, 0.717) is 50.8 Å². The fourth-order valence-corrected chi connectivity index (χ4v) is 5.05. The first kappa shape index (κ1) is 28.4. The van der Waals surface area contributed by atoms with Crippen LogP contribution >= 0.6 is 0 Å². The number of hydrogen-bond acceptors (Lipinski definition) is 8. The molecule has 4 rings (SSSR count). The van der Waals surface area contributed by atoms with Crippen LogP contribution in [0.25, 0.3) is 0 Å². The molecule has 0 fully saturated rings. The third kappa shape index (κ3) is 6.18. The van der Waals surface area contributed by atoms with E-state index in [1.807, 2.05) is 0 Å². The van der Waals surface area contributed by atoms with Gasteiger partial charge in [-0.3, -0.25) is 0 Å². The summed E-state index contributed by atoms with van der Waals surface area (Å²) in [5, 5.41) is 0. The number of hydrogen-bond donors (Lipinski definition) is 0. The van der Waals surface area contributed by atoms with Gasteiger partial charge in [0.1, 0.15) is 37.9 Å². The van der Waals surface area contributed by atoms with Crippen LogP contribution in [0, 0.1) is 11.3 Å². The van der Waals surface area contributed by atoms with E-state index in [2.05, 4.69) is 56.5 Å². The van der Waals surface area contributed by atoms with Gasteiger partial charge in [0, 0.05) is 33.6 Å². The van der Waals surface area contributed by atoms with Gasteiger partial charge in [-0.15, -0.1) is 0 Å². The van der Waals surface area contributed by atoms with E-state index in [0.717, 1.165) is 22.7 Å². The summed E-state index contributed by atoms with van der Waals surface area (Å²) in [5.74, 6) is 1.06. The molecular weight excluding hydrogens is 500 g/mol. The molecule has 0 aliphatic heterocycles. The Hall–Kier alpha value is -3.62. The monoisotopic (exact) mass is 536 g/mol. The molecule has 4 aliphatic rings. The molecule has 0 spiro atoms. The predicted molar refractivity (Wildman–Crippen MR) is 145 cm³/mol. The molecule has 0 aromatic rings. The second-order valence-corrected chi connectivity index (χ2v) is 9.90. The Labute approximate surface area is 229 Å². The van der Waals surface area contributed by atoms with Crippen molar-refractivity contribution in [3.63, 3.8) is 0 Å². The summed E-state index contributed by atoms with van der Waals surface area (Å²) in [6, 6.07) is 0. The van der Waals surface area contributed by atoms with Crippen molar-refractivity contribution in [3.8, 4) is 0 Å². The van der Waals surface area contributed by atoms with Gasteiger partial charge in [-0.05, 0) is 37.1 Å². The van der Waals surface area contributed by atoms with E-state index in [-0.39, 0.29) is 24.5 Å². The van der Waals surface area contributed by atoms with Gasteiger partial charge >= 0.3 is 11.9 Å². The second kappa shape index (κ2) is 12.5. The first-order valence-electron chi connectivity index (χ1n) is 13.1. The van der Waals surface area contributed by atoms with Crippen molar-refractivity contribution in [1.82, 2.24) is 0 Å². The maximum absolute atomic E-state index is 11.4. The SMILES string of the molecule is C=C(C)C(=O)OCCOCCOC1=C2C=CC(=C1)C2C1(C)C2=CC(OCCOCCOC(=O)C(=C)C)=C1C=C2. The van der Waals surface area contributed by atoms with Gasteiger partial charge in [0.25, 0.3) is 0 Å². The van der Waals surface area contributed by atoms with Crippen molar-refractivity contribution in [2.24, 2.45) is 11.3 Å². The lowest BCUT2D eigenvalue weighted by Crippen LogP contribution is -2.26. The second-order valence-electron chi connectivity index (χ2n) is 9.90. The normalized spacial score (nSPS) is 21.9. The summed E-state index contributed by atoms with van der Waals surface area (Å²) < 4.78 is 33.2. The van der Waals surface area contributed by atoms with Crippen LogP contribution < -0.4 is 0 Å². The number of rotatable bonds is 17. The molecule has 0 aromatic heterocycles. The number of allylic oxidation sites excluding steroid dienone is 10. The van der Waals surface area contributed by atoms with E-state index in [4.69, 9.17) is 28.4 Å². The lowest BCUT2D eigenvalue weighted by atomic mass is 9.69. The zero-order chi connectivity index (χ0) is 28.0. The number of fused-ring (bicyclic) bond motifs is 5. The number of carbonyl (C=O) groups excluding carboxylic acids is 2. The zero-order valence-electron chi connectivity index (χ0n) is 22.9. The molecule has 0 amide bonds. The fraction of sp³-hybridized carbons (Fsp3) is 0.419. The third-order valence-electron chi connectivity index (χ3n) is 6.99. The van der Waals surface area contributed by atoms with Crippen molar-refractivity contribution in [2.45, 2.75) is 20.8 Å². The molecule has 0 aromatic carbocycles. The van der Waals surface area contributed by atoms with Crippen molar-refractivity contribution in [2.75, 3.05) is 52.9 Å². The molecule has 39 heavy (non-hydrogen) atoms. The number of esters is 2. The molecule has 0 saturated heterocycles. The van der Waals surface area contributed by atoms with Gasteiger partial charge in [0.05, 0.1) is 26.4 Å². The summed E-state index contributed by atoms with van der Waals surface area (Å²) in [4.78, 5) is 22.8. The summed E-state index contributed by atoms with van der Waals surface area (Å²) >= 11 is 0. The first-order chi connectivity index (χ1) is 18.7. The van der Waals surface area contributed by atoms with Crippen molar-refractivity contribution < 1.29 is 38.0 Å². The summed E-state index contributed by atoms with van der Waals surface area (Å²) in [6.45, 7) is 15.1. The fourth-order valence-electron chi connectivity index (χ4n) is 5.05. The lowest BCUT2D eigenvalue weighted by molar-refractivity contribution is -0.141. The first-order valence-corrected chi connectivity index (χ1v) is 13.1. The molecule has 2 atom stereocenters. The Balaban J connectivity index is 1.24. The van der Waals surface area contributed by atoms with Crippen LogP contribution in [0.3, 0.4) is 0 Å². The molecule has 0 saturated carbocycles. The average molecular weight is 537 g/mol. The van der Waals surface area contributed by atoms with Crippen LogP contribution in [-0.4, -0.2) is 64.8 Å². The van der Waals surface area contributed by atoms with E-state index in [9.17, 15) is 9.59 Å². The zero-order valence-corrected chi connectivity index (χ0v) is 22.9. The van der Waals surface area contributed by atoms with Crippen LogP contribution in [0.15, 0.2) is 94.6 Å². The highest BCUT2D eigenvalue weighted by molar-refractivity contribution is 5.87. The van der Waals surface area contributed by atoms with Gasteiger partial charge < -0.3 is 28.4 Å². The Morgan fingerprint density at radius 3 is 1.90 bits per heavy atom. The molecule has 208 valence electrons. The van der Waals surface area contributed by atoms with E-state index < -0.39 is 11.9 Å². The Bertz CT molecular complexity index is 1220. The van der Waals surface area contributed by atoms with Gasteiger partial charge in [-0.2, -0.15) is 0 Å². The molecule has 2 unspecified atom stereocenters. The summed E-state index contributed by atoms with van der Waals surface area (Å²) in [6.07, 6.45) is 12.8. The maximum atomic E-state index is 11.4. The minimum absolute atomic E-state index is 0.159. The highest BCUT2D eigenvalue weighted by Crippen LogP contribution is 2.61. The standard InChI is InChI=1S/C31H36O8/c1-20(2)29(32)38-16-12-34-10-14-36-26-18-22-6-8-24(26)28(22)31(5)23-7-9-25(31)27(19-23)37-15-11-35-13-17-39-30(33)21(3)4/h6-9,18-19,28H,1,3,10-17H2,2,4-5H3. The number of ether oxygens (including phenoxy) is 6. The molecule has 0 N–H and O–H groups in total. The molecule has 8 nitrogen and oxygen atoms in total. The van der Waals surface area contributed by atoms with Crippen LogP contribution in [0.4, 0.5) is 0 Å². The Morgan fingerprint density at radius 2 is 1.31 bits per heavy atom. The highest BCUT2D eigenvalue weighted by Gasteiger charge is 2.52. The minimum atomic E-state index is -0.414. The molecule has 4 aliphatic carbocycles. The smallest absolute Gasteiger partial charge is 0.333 e. The van der Waals surface area contributed by atoms with E-state index in [1.165, 1.54) is 11.1 Å². The average Bonchev–Trinajstić information content (AvgIpc) is 3.64. The highest BCUT2D eigenvalue weighted by atomic mass is 16.6. The summed E-state index contributed by atoms with van der Waals surface area (Å²) in [5.41, 5.74) is 5.25. The van der Waals surface area contributed by atoms with Crippen LogP contribution in [0.5, 0.6) is 0 Å². The molecule has 4 bridgehead atoms. The van der Waals surface area contributed by atoms with Gasteiger partial charge in [0.15, 0.2) is 0 Å². The largest absolute Gasteiger partial charge is 0.491 e. The quantitative estimate of drug-likeness (QED) is 0.153. The van der Waals surface area contributed by atoms with Gasteiger partial charge in [-0.1, -0.05) is 44.4 Å². The van der Waals surface area contributed by atoms with Crippen molar-refractivity contribution in [1.29, 1.82) is 0 Å². The molecular formula is C31H36O8. The maximum Gasteiger partial charge on any atom is 0.333 e.